The minimum Gasteiger partial charge on any atom is -0.495 e. The van der Waals surface area contributed by atoms with Gasteiger partial charge in [0.15, 0.2) is 11.5 Å². The molecule has 1 N–H and O–H groups in total. The molecule has 1 aromatic carbocycles. The first-order chi connectivity index (χ1) is 16.1. The Hall–Kier alpha value is -2.56. The van der Waals surface area contributed by atoms with Crippen LogP contribution in [0.1, 0.15) is 49.9 Å². The molecule has 182 valence electrons. The monoisotopic (exact) mass is 497 g/mol. The quantitative estimate of drug-likeness (QED) is 0.454. The Labute approximate surface area is 198 Å². The van der Waals surface area contributed by atoms with E-state index >= 15 is 0 Å². The molecule has 0 bridgehead atoms. The number of methoxy groups -OCH3 is 1. The van der Waals surface area contributed by atoms with Crippen molar-refractivity contribution in [3.8, 4) is 28.3 Å². The van der Waals surface area contributed by atoms with Crippen LogP contribution < -0.4 is 4.74 Å². The van der Waals surface area contributed by atoms with Crippen molar-refractivity contribution in [3.63, 3.8) is 0 Å². The Bertz CT molecular complexity index is 1210. The van der Waals surface area contributed by atoms with E-state index in [1.165, 1.54) is 7.11 Å². The standard InChI is InChI=1S/C23H23ClF3N3O4/c1-22(31)8-12(9-22)30-21(23(25,26)27)15(10-28-30)20-16(11-33-13-6-7-13)19(29-34-20)14-4-3-5-17(32-2)18(14)24/h3-5,10,12-13,31H,6-9,11H2,1-2H3/t12-,22+. The van der Waals surface area contributed by atoms with Crippen molar-refractivity contribution in [3.05, 3.63) is 40.7 Å². The lowest BCUT2D eigenvalue weighted by Crippen LogP contribution is -2.43. The number of hydrogen-bond acceptors (Lipinski definition) is 6. The molecule has 11 heteroatoms. The second-order valence-electron chi connectivity index (χ2n) is 9.08. The van der Waals surface area contributed by atoms with Crippen LogP contribution in [-0.2, 0) is 17.5 Å². The summed E-state index contributed by atoms with van der Waals surface area (Å²) in [5.41, 5.74) is -1.08. The minimum absolute atomic E-state index is 0.00693. The first-order valence-electron chi connectivity index (χ1n) is 10.9. The molecule has 2 aromatic heterocycles. The molecule has 0 radical (unpaired) electrons. The highest BCUT2D eigenvalue weighted by Crippen LogP contribution is 2.48. The maximum Gasteiger partial charge on any atom is 0.433 e. The number of aliphatic hydroxyl groups is 1. The highest BCUT2D eigenvalue weighted by atomic mass is 35.5. The van der Waals surface area contributed by atoms with Crippen molar-refractivity contribution in [1.29, 1.82) is 0 Å². The SMILES string of the molecule is COc1cccc(-c2noc(-c3cnn([C@H]4C[C@@](C)(O)C4)c3C(F)(F)F)c2COC2CC2)c1Cl. The number of alkyl halides is 3. The molecule has 0 atom stereocenters. The highest BCUT2D eigenvalue weighted by Gasteiger charge is 2.47. The number of hydrogen-bond donors (Lipinski definition) is 1. The predicted molar refractivity (Wildman–Crippen MR) is 116 cm³/mol. The van der Waals surface area contributed by atoms with Crippen LogP contribution >= 0.6 is 11.6 Å². The molecule has 2 fully saturated rings. The Morgan fingerprint density at radius 1 is 1.26 bits per heavy atom. The zero-order valence-corrected chi connectivity index (χ0v) is 19.3. The van der Waals surface area contributed by atoms with Gasteiger partial charge in [-0.1, -0.05) is 28.9 Å². The normalized spacial score (nSPS) is 22.6. The summed E-state index contributed by atoms with van der Waals surface area (Å²) in [6.45, 7) is 1.60. The van der Waals surface area contributed by atoms with Crippen LogP contribution in [0.4, 0.5) is 13.2 Å². The van der Waals surface area contributed by atoms with Gasteiger partial charge in [-0.3, -0.25) is 4.68 Å². The molecule has 2 aliphatic rings. The highest BCUT2D eigenvalue weighted by molar-refractivity contribution is 6.34. The average Bonchev–Trinajstić information content (AvgIpc) is 3.31. The van der Waals surface area contributed by atoms with Crippen molar-refractivity contribution in [1.82, 2.24) is 14.9 Å². The number of benzene rings is 1. The zero-order chi connectivity index (χ0) is 24.3. The van der Waals surface area contributed by atoms with Crippen LogP contribution in [0.2, 0.25) is 5.02 Å². The summed E-state index contributed by atoms with van der Waals surface area (Å²) < 4.78 is 60.3. The average molecular weight is 498 g/mol. The van der Waals surface area contributed by atoms with E-state index in [4.69, 9.17) is 25.6 Å². The molecule has 2 aliphatic carbocycles. The molecule has 5 rings (SSSR count). The summed E-state index contributed by atoms with van der Waals surface area (Å²) in [6.07, 6.45) is -1.38. The maximum atomic E-state index is 14.2. The van der Waals surface area contributed by atoms with Gasteiger partial charge >= 0.3 is 6.18 Å². The van der Waals surface area contributed by atoms with E-state index < -0.39 is 23.5 Å². The Morgan fingerprint density at radius 2 is 2.00 bits per heavy atom. The van der Waals surface area contributed by atoms with Crippen molar-refractivity contribution in [2.75, 3.05) is 7.11 Å². The van der Waals surface area contributed by atoms with E-state index in [1.807, 2.05) is 0 Å². The Kier molecular flexibility index (Phi) is 5.65. The van der Waals surface area contributed by atoms with Gasteiger partial charge in [0, 0.05) is 5.56 Å². The van der Waals surface area contributed by atoms with Gasteiger partial charge in [-0.25, -0.2) is 0 Å². The summed E-state index contributed by atoms with van der Waals surface area (Å²) in [6, 6.07) is 4.51. The second kappa shape index (κ2) is 8.28. The van der Waals surface area contributed by atoms with Crippen LogP contribution in [-0.4, -0.2) is 38.9 Å². The van der Waals surface area contributed by atoms with E-state index in [0.29, 0.717) is 16.9 Å². The molecule has 0 saturated heterocycles. The summed E-state index contributed by atoms with van der Waals surface area (Å²) in [4.78, 5) is 0. The fourth-order valence-electron chi connectivity index (χ4n) is 4.37. The van der Waals surface area contributed by atoms with E-state index in [-0.39, 0.29) is 47.6 Å². The third kappa shape index (κ3) is 4.18. The molecule has 7 nitrogen and oxygen atoms in total. The van der Waals surface area contributed by atoms with Gasteiger partial charge in [0.05, 0.1) is 53.8 Å². The summed E-state index contributed by atoms with van der Waals surface area (Å²) in [7, 11) is 1.47. The van der Waals surface area contributed by atoms with Gasteiger partial charge < -0.3 is 19.1 Å². The van der Waals surface area contributed by atoms with Crippen LogP contribution in [0.3, 0.4) is 0 Å². The fraction of sp³-hybridized carbons (Fsp3) is 0.478. The van der Waals surface area contributed by atoms with Gasteiger partial charge in [-0.2, -0.15) is 18.3 Å². The minimum atomic E-state index is -4.71. The van der Waals surface area contributed by atoms with Gasteiger partial charge in [0.2, 0.25) is 0 Å². The third-order valence-electron chi connectivity index (χ3n) is 6.22. The Morgan fingerprint density at radius 3 is 2.62 bits per heavy atom. The van der Waals surface area contributed by atoms with Crippen molar-refractivity contribution in [2.24, 2.45) is 0 Å². The predicted octanol–water partition coefficient (Wildman–Crippen LogP) is 5.65. The number of halogens is 4. The van der Waals surface area contributed by atoms with Gasteiger partial charge in [0.1, 0.15) is 11.4 Å². The van der Waals surface area contributed by atoms with Crippen molar-refractivity contribution in [2.45, 2.75) is 63.1 Å². The lowest BCUT2D eigenvalue weighted by molar-refractivity contribution is -0.148. The van der Waals surface area contributed by atoms with E-state index in [2.05, 4.69) is 10.3 Å². The number of rotatable bonds is 7. The van der Waals surface area contributed by atoms with Crippen molar-refractivity contribution < 1.29 is 32.3 Å². The molecule has 3 aromatic rings. The lowest BCUT2D eigenvalue weighted by atomic mass is 9.77. The number of aromatic nitrogens is 3. The molecular formula is C23H23ClF3N3O4. The Balaban J connectivity index is 1.62. The number of nitrogens with zero attached hydrogens (tertiary/aromatic N) is 3. The van der Waals surface area contributed by atoms with E-state index in [9.17, 15) is 18.3 Å². The van der Waals surface area contributed by atoms with Crippen LogP contribution in [0.25, 0.3) is 22.6 Å². The van der Waals surface area contributed by atoms with Crippen LogP contribution in [0, 0.1) is 0 Å². The van der Waals surface area contributed by atoms with Crippen molar-refractivity contribution >= 4 is 11.6 Å². The first kappa shape index (κ1) is 23.2. The van der Waals surface area contributed by atoms with E-state index in [0.717, 1.165) is 23.7 Å². The summed E-state index contributed by atoms with van der Waals surface area (Å²) in [5, 5.41) is 18.4. The topological polar surface area (TPSA) is 82.5 Å². The van der Waals surface area contributed by atoms with Gasteiger partial charge in [-0.15, -0.1) is 0 Å². The van der Waals surface area contributed by atoms with Crippen LogP contribution in [0.15, 0.2) is 28.9 Å². The molecule has 0 unspecified atom stereocenters. The first-order valence-corrected chi connectivity index (χ1v) is 11.3. The molecule has 2 heterocycles. The number of ether oxygens (including phenoxy) is 2. The van der Waals surface area contributed by atoms with Crippen LogP contribution in [0.5, 0.6) is 5.75 Å². The summed E-state index contributed by atoms with van der Waals surface area (Å²) >= 11 is 6.48. The molecule has 34 heavy (non-hydrogen) atoms. The third-order valence-corrected chi connectivity index (χ3v) is 6.61. The molecule has 0 aliphatic heterocycles. The maximum absolute atomic E-state index is 14.2. The fourth-order valence-corrected chi connectivity index (χ4v) is 4.66. The molecule has 0 spiro atoms. The second-order valence-corrected chi connectivity index (χ2v) is 9.46. The molecule has 2 saturated carbocycles. The molecule has 0 amide bonds. The largest absolute Gasteiger partial charge is 0.495 e. The zero-order valence-electron chi connectivity index (χ0n) is 18.5. The lowest BCUT2D eigenvalue weighted by Gasteiger charge is -2.41. The van der Waals surface area contributed by atoms with Gasteiger partial charge in [-0.05, 0) is 38.7 Å². The summed E-state index contributed by atoms with van der Waals surface area (Å²) in [5.74, 6) is 0.331. The van der Waals surface area contributed by atoms with E-state index in [1.54, 1.807) is 25.1 Å². The molecular weight excluding hydrogens is 475 g/mol. The smallest absolute Gasteiger partial charge is 0.433 e. The van der Waals surface area contributed by atoms with Gasteiger partial charge in [0.25, 0.3) is 0 Å².